The summed E-state index contributed by atoms with van der Waals surface area (Å²) in [6, 6.07) is 13.7. The van der Waals surface area contributed by atoms with Gasteiger partial charge in [0.25, 0.3) is 0 Å². The standard InChI is InChI=1S/C14H12N2O/c17-14-9-11(12-6-3-4-8-15-12)10-5-1-2-7-13(10)16-14/h1-8,11H,9H2,(H,16,17). The molecule has 0 radical (unpaired) electrons. The van der Waals surface area contributed by atoms with Crippen LogP contribution in [0.25, 0.3) is 0 Å². The van der Waals surface area contributed by atoms with Gasteiger partial charge in [-0.2, -0.15) is 0 Å². The van der Waals surface area contributed by atoms with Crippen LogP contribution in [-0.4, -0.2) is 10.9 Å². The minimum Gasteiger partial charge on any atom is -0.326 e. The summed E-state index contributed by atoms with van der Waals surface area (Å²) in [4.78, 5) is 16.0. The van der Waals surface area contributed by atoms with Gasteiger partial charge in [0, 0.05) is 29.9 Å². The molecule has 0 spiro atoms. The van der Waals surface area contributed by atoms with Gasteiger partial charge in [-0.25, -0.2) is 0 Å². The number of pyridine rings is 1. The van der Waals surface area contributed by atoms with Crippen molar-refractivity contribution in [3.63, 3.8) is 0 Å². The molecule has 0 saturated carbocycles. The lowest BCUT2D eigenvalue weighted by Crippen LogP contribution is -2.23. The van der Waals surface area contributed by atoms with E-state index in [4.69, 9.17) is 0 Å². The van der Waals surface area contributed by atoms with Gasteiger partial charge in [-0.3, -0.25) is 9.78 Å². The highest BCUT2D eigenvalue weighted by Crippen LogP contribution is 2.35. The Bertz CT molecular complexity index is 551. The highest BCUT2D eigenvalue weighted by Gasteiger charge is 2.26. The second kappa shape index (κ2) is 4.01. The molecule has 0 bridgehead atoms. The molecule has 1 N–H and O–H groups in total. The smallest absolute Gasteiger partial charge is 0.225 e. The average molecular weight is 224 g/mol. The van der Waals surface area contributed by atoms with Crippen LogP contribution < -0.4 is 5.32 Å². The third kappa shape index (κ3) is 1.80. The maximum Gasteiger partial charge on any atom is 0.225 e. The first-order valence-corrected chi connectivity index (χ1v) is 5.64. The Balaban J connectivity index is 2.10. The number of amides is 1. The molecular weight excluding hydrogens is 212 g/mol. The third-order valence-corrected chi connectivity index (χ3v) is 3.04. The fourth-order valence-corrected chi connectivity index (χ4v) is 2.26. The van der Waals surface area contributed by atoms with Gasteiger partial charge in [0.2, 0.25) is 5.91 Å². The lowest BCUT2D eigenvalue weighted by molar-refractivity contribution is -0.116. The minimum absolute atomic E-state index is 0.0550. The predicted molar refractivity (Wildman–Crippen MR) is 65.8 cm³/mol. The number of nitrogens with one attached hydrogen (secondary N) is 1. The molecule has 0 aliphatic carbocycles. The number of hydrogen-bond acceptors (Lipinski definition) is 2. The van der Waals surface area contributed by atoms with Crippen LogP contribution in [0.4, 0.5) is 5.69 Å². The number of carbonyl (C=O) groups is 1. The molecule has 2 aromatic rings. The van der Waals surface area contributed by atoms with E-state index in [-0.39, 0.29) is 11.8 Å². The number of carbonyl (C=O) groups excluding carboxylic acids is 1. The van der Waals surface area contributed by atoms with E-state index in [9.17, 15) is 4.79 Å². The zero-order chi connectivity index (χ0) is 11.7. The topological polar surface area (TPSA) is 42.0 Å². The highest BCUT2D eigenvalue weighted by atomic mass is 16.1. The zero-order valence-corrected chi connectivity index (χ0v) is 9.26. The Morgan fingerprint density at radius 2 is 1.94 bits per heavy atom. The van der Waals surface area contributed by atoms with Crippen LogP contribution in [0.3, 0.4) is 0 Å². The number of para-hydroxylation sites is 1. The molecule has 1 atom stereocenters. The summed E-state index contributed by atoms with van der Waals surface area (Å²) in [6.07, 6.45) is 2.23. The van der Waals surface area contributed by atoms with Crippen molar-refractivity contribution in [2.24, 2.45) is 0 Å². The van der Waals surface area contributed by atoms with Crippen LogP contribution >= 0.6 is 0 Å². The van der Waals surface area contributed by atoms with Gasteiger partial charge in [0.15, 0.2) is 0 Å². The van der Waals surface area contributed by atoms with Crippen LogP contribution in [0.2, 0.25) is 0 Å². The SMILES string of the molecule is O=C1CC(c2ccccn2)c2ccccc2N1. The van der Waals surface area contributed by atoms with Gasteiger partial charge in [-0.05, 0) is 23.8 Å². The summed E-state index contributed by atoms with van der Waals surface area (Å²) < 4.78 is 0. The lowest BCUT2D eigenvalue weighted by atomic mass is 9.88. The second-order valence-electron chi connectivity index (χ2n) is 4.15. The van der Waals surface area contributed by atoms with E-state index in [1.54, 1.807) is 6.20 Å². The van der Waals surface area contributed by atoms with E-state index in [0.29, 0.717) is 6.42 Å². The summed E-state index contributed by atoms with van der Waals surface area (Å²) in [7, 11) is 0. The molecule has 1 unspecified atom stereocenters. The lowest BCUT2D eigenvalue weighted by Gasteiger charge is -2.24. The van der Waals surface area contributed by atoms with E-state index in [1.165, 1.54) is 0 Å². The number of anilines is 1. The molecule has 17 heavy (non-hydrogen) atoms. The van der Waals surface area contributed by atoms with Gasteiger partial charge in [0.1, 0.15) is 0 Å². The maximum absolute atomic E-state index is 11.7. The fourth-order valence-electron chi connectivity index (χ4n) is 2.26. The summed E-state index contributed by atoms with van der Waals surface area (Å²) >= 11 is 0. The van der Waals surface area contributed by atoms with Crippen LogP contribution in [0.5, 0.6) is 0 Å². The molecule has 1 amide bonds. The molecule has 1 aromatic carbocycles. The quantitative estimate of drug-likeness (QED) is 0.808. The molecule has 0 saturated heterocycles. The Morgan fingerprint density at radius 1 is 1.12 bits per heavy atom. The molecular formula is C14H12N2O. The minimum atomic E-state index is 0.0550. The first-order chi connectivity index (χ1) is 8.34. The number of aromatic nitrogens is 1. The van der Waals surface area contributed by atoms with Gasteiger partial charge in [-0.15, -0.1) is 0 Å². The van der Waals surface area contributed by atoms with E-state index in [2.05, 4.69) is 10.3 Å². The molecule has 2 heterocycles. The Morgan fingerprint density at radius 3 is 2.76 bits per heavy atom. The predicted octanol–water partition coefficient (Wildman–Crippen LogP) is 2.56. The number of benzene rings is 1. The molecule has 1 aliphatic heterocycles. The van der Waals surface area contributed by atoms with E-state index in [1.807, 2.05) is 42.5 Å². The van der Waals surface area contributed by atoms with Crippen molar-refractivity contribution in [1.82, 2.24) is 4.98 Å². The number of nitrogens with zero attached hydrogens (tertiary/aromatic N) is 1. The number of rotatable bonds is 1. The Hall–Kier alpha value is -2.16. The van der Waals surface area contributed by atoms with Gasteiger partial charge < -0.3 is 5.32 Å². The van der Waals surface area contributed by atoms with Crippen LogP contribution in [0, 0.1) is 0 Å². The van der Waals surface area contributed by atoms with Crippen LogP contribution in [0.1, 0.15) is 23.6 Å². The van der Waals surface area contributed by atoms with Crippen molar-refractivity contribution in [3.05, 3.63) is 59.9 Å². The molecule has 1 aromatic heterocycles. The third-order valence-electron chi connectivity index (χ3n) is 3.04. The van der Waals surface area contributed by atoms with Crippen molar-refractivity contribution in [3.8, 4) is 0 Å². The average Bonchev–Trinajstić information content (AvgIpc) is 2.39. The van der Waals surface area contributed by atoms with Gasteiger partial charge >= 0.3 is 0 Å². The summed E-state index contributed by atoms with van der Waals surface area (Å²) in [6.45, 7) is 0. The molecule has 3 heteroatoms. The highest BCUT2D eigenvalue weighted by molar-refractivity contribution is 5.95. The van der Waals surface area contributed by atoms with Crippen LogP contribution in [0.15, 0.2) is 48.7 Å². The first kappa shape index (κ1) is 10.0. The van der Waals surface area contributed by atoms with E-state index in [0.717, 1.165) is 16.9 Å². The molecule has 84 valence electrons. The summed E-state index contributed by atoms with van der Waals surface area (Å²) in [5, 5.41) is 2.89. The zero-order valence-electron chi connectivity index (χ0n) is 9.26. The number of hydrogen-bond donors (Lipinski definition) is 1. The molecule has 1 aliphatic rings. The second-order valence-corrected chi connectivity index (χ2v) is 4.15. The monoisotopic (exact) mass is 224 g/mol. The summed E-state index contributed by atoms with van der Waals surface area (Å²) in [5.41, 5.74) is 3.00. The van der Waals surface area contributed by atoms with Crippen molar-refractivity contribution < 1.29 is 4.79 Å². The Kier molecular flexibility index (Phi) is 2.37. The van der Waals surface area contributed by atoms with Gasteiger partial charge in [0.05, 0.1) is 0 Å². The van der Waals surface area contributed by atoms with Crippen molar-refractivity contribution in [2.75, 3.05) is 5.32 Å². The van der Waals surface area contributed by atoms with E-state index >= 15 is 0 Å². The molecule has 3 rings (SSSR count). The largest absolute Gasteiger partial charge is 0.326 e. The Labute approximate surface area is 99.5 Å². The normalized spacial score (nSPS) is 18.4. The maximum atomic E-state index is 11.7. The van der Waals surface area contributed by atoms with Crippen molar-refractivity contribution in [2.45, 2.75) is 12.3 Å². The number of fused-ring (bicyclic) bond motifs is 1. The van der Waals surface area contributed by atoms with Gasteiger partial charge in [-0.1, -0.05) is 24.3 Å². The fraction of sp³-hybridized carbons (Fsp3) is 0.143. The first-order valence-electron chi connectivity index (χ1n) is 5.64. The molecule has 0 fully saturated rings. The molecule has 3 nitrogen and oxygen atoms in total. The van der Waals surface area contributed by atoms with E-state index < -0.39 is 0 Å². The van der Waals surface area contributed by atoms with Crippen molar-refractivity contribution in [1.29, 1.82) is 0 Å². The van der Waals surface area contributed by atoms with Crippen molar-refractivity contribution >= 4 is 11.6 Å². The van der Waals surface area contributed by atoms with Crippen LogP contribution in [-0.2, 0) is 4.79 Å². The summed E-state index contributed by atoms with van der Waals surface area (Å²) in [5.74, 6) is 0.125.